The van der Waals surface area contributed by atoms with Gasteiger partial charge in [0, 0.05) is 13.1 Å². The number of sulfonamides is 1. The Kier molecular flexibility index (Phi) is 4.42. The number of anilines is 1. The summed E-state index contributed by atoms with van der Waals surface area (Å²) in [6.45, 7) is 2.10. The van der Waals surface area contributed by atoms with E-state index in [2.05, 4.69) is 0 Å². The Morgan fingerprint density at radius 2 is 2.05 bits per heavy atom. The molecule has 0 saturated carbocycles. The van der Waals surface area contributed by atoms with Crippen molar-refractivity contribution in [1.29, 1.82) is 0 Å². The predicted molar refractivity (Wildman–Crippen MR) is 78.8 cm³/mol. The molecule has 0 unspecified atom stereocenters. The zero-order valence-corrected chi connectivity index (χ0v) is 12.5. The summed E-state index contributed by atoms with van der Waals surface area (Å²) in [5.74, 6) is -0.562. The van der Waals surface area contributed by atoms with Crippen molar-refractivity contribution in [3.8, 4) is 0 Å². The van der Waals surface area contributed by atoms with Gasteiger partial charge in [-0.1, -0.05) is 12.1 Å². The van der Waals surface area contributed by atoms with Crippen molar-refractivity contribution in [1.82, 2.24) is 0 Å². The SMILES string of the molecule is CCN(c1ccccc1F)S(=O)(=O)c1cc(CN)cs1. The van der Waals surface area contributed by atoms with Gasteiger partial charge in [0.05, 0.1) is 5.69 Å². The minimum atomic E-state index is -3.76. The second-order valence-electron chi connectivity index (χ2n) is 4.10. The average Bonchev–Trinajstić information content (AvgIpc) is 2.91. The molecule has 0 aliphatic heterocycles. The number of para-hydroxylation sites is 1. The molecule has 1 heterocycles. The standard InChI is InChI=1S/C13H15FN2O2S2/c1-2-16(12-6-4-3-5-11(12)14)20(17,18)13-7-10(8-15)9-19-13/h3-7,9H,2,8,15H2,1H3. The van der Waals surface area contributed by atoms with Crippen molar-refractivity contribution in [3.05, 3.63) is 47.1 Å². The number of rotatable bonds is 5. The highest BCUT2D eigenvalue weighted by molar-refractivity contribution is 7.94. The van der Waals surface area contributed by atoms with Crippen LogP contribution in [0.3, 0.4) is 0 Å². The molecule has 0 saturated heterocycles. The van der Waals surface area contributed by atoms with Crippen LogP contribution in [-0.2, 0) is 16.6 Å². The summed E-state index contributed by atoms with van der Waals surface area (Å²) in [5, 5.41) is 1.70. The molecule has 7 heteroatoms. The molecule has 2 N–H and O–H groups in total. The fourth-order valence-electron chi connectivity index (χ4n) is 1.83. The average molecular weight is 314 g/mol. The molecule has 0 spiro atoms. The molecule has 2 rings (SSSR count). The van der Waals surface area contributed by atoms with Crippen LogP contribution in [0.4, 0.5) is 10.1 Å². The molecule has 0 atom stereocenters. The fraction of sp³-hybridized carbons (Fsp3) is 0.231. The first-order valence-electron chi connectivity index (χ1n) is 6.05. The van der Waals surface area contributed by atoms with Crippen molar-refractivity contribution in [3.63, 3.8) is 0 Å². The lowest BCUT2D eigenvalue weighted by atomic mass is 10.3. The molecule has 0 fully saturated rings. The van der Waals surface area contributed by atoms with E-state index in [1.807, 2.05) is 0 Å². The van der Waals surface area contributed by atoms with Crippen LogP contribution in [0.25, 0.3) is 0 Å². The molecule has 108 valence electrons. The number of halogens is 1. The second-order valence-corrected chi connectivity index (χ2v) is 7.10. The molecule has 1 aromatic heterocycles. The van der Waals surface area contributed by atoms with Gasteiger partial charge >= 0.3 is 0 Å². The fourth-order valence-corrected chi connectivity index (χ4v) is 4.64. The lowest BCUT2D eigenvalue weighted by Crippen LogP contribution is -2.31. The van der Waals surface area contributed by atoms with Gasteiger partial charge in [-0.2, -0.15) is 0 Å². The maximum absolute atomic E-state index is 13.8. The first kappa shape index (κ1) is 15.0. The first-order valence-corrected chi connectivity index (χ1v) is 8.37. The van der Waals surface area contributed by atoms with Gasteiger partial charge in [0.25, 0.3) is 10.0 Å². The zero-order valence-electron chi connectivity index (χ0n) is 10.9. The van der Waals surface area contributed by atoms with Crippen molar-refractivity contribution in [2.24, 2.45) is 5.73 Å². The molecule has 0 amide bonds. The third-order valence-electron chi connectivity index (χ3n) is 2.82. The minimum absolute atomic E-state index is 0.0534. The Hall–Kier alpha value is -1.44. The number of benzene rings is 1. The Morgan fingerprint density at radius 1 is 1.35 bits per heavy atom. The van der Waals surface area contributed by atoms with E-state index in [9.17, 15) is 12.8 Å². The molecule has 1 aromatic carbocycles. The highest BCUT2D eigenvalue weighted by Crippen LogP contribution is 2.29. The van der Waals surface area contributed by atoms with E-state index >= 15 is 0 Å². The van der Waals surface area contributed by atoms with E-state index in [1.54, 1.807) is 18.4 Å². The molecule has 0 radical (unpaired) electrons. The van der Waals surface area contributed by atoms with Gasteiger partial charge in [-0.05, 0) is 36.1 Å². The highest BCUT2D eigenvalue weighted by atomic mass is 32.2. The molecular weight excluding hydrogens is 299 g/mol. The topological polar surface area (TPSA) is 63.4 Å². The van der Waals surface area contributed by atoms with Gasteiger partial charge in [0.1, 0.15) is 10.0 Å². The molecule has 0 aliphatic rings. The number of nitrogens with two attached hydrogens (primary N) is 1. The maximum atomic E-state index is 13.8. The Bertz CT molecular complexity index is 698. The van der Waals surface area contributed by atoms with E-state index in [4.69, 9.17) is 5.73 Å². The Morgan fingerprint density at radius 3 is 2.60 bits per heavy atom. The van der Waals surface area contributed by atoms with Gasteiger partial charge in [-0.25, -0.2) is 12.8 Å². The monoisotopic (exact) mass is 314 g/mol. The molecular formula is C13H15FN2O2S2. The van der Waals surface area contributed by atoms with Gasteiger partial charge < -0.3 is 5.73 Å². The van der Waals surface area contributed by atoms with Crippen LogP contribution < -0.4 is 10.0 Å². The maximum Gasteiger partial charge on any atom is 0.273 e. The number of hydrogen-bond donors (Lipinski definition) is 1. The van der Waals surface area contributed by atoms with Gasteiger partial charge in [0.15, 0.2) is 0 Å². The lowest BCUT2D eigenvalue weighted by molar-refractivity contribution is 0.588. The molecule has 0 aliphatic carbocycles. The molecule has 20 heavy (non-hydrogen) atoms. The van der Waals surface area contributed by atoms with Gasteiger partial charge in [-0.3, -0.25) is 4.31 Å². The van der Waals surface area contributed by atoms with Crippen molar-refractivity contribution in [2.75, 3.05) is 10.8 Å². The summed E-state index contributed by atoms with van der Waals surface area (Å²) in [7, 11) is -3.76. The molecule has 0 bridgehead atoms. The van der Waals surface area contributed by atoms with Crippen molar-refractivity contribution in [2.45, 2.75) is 17.7 Å². The van der Waals surface area contributed by atoms with Crippen LogP contribution in [-0.4, -0.2) is 15.0 Å². The number of hydrogen-bond acceptors (Lipinski definition) is 4. The molecule has 2 aromatic rings. The van der Waals surface area contributed by atoms with E-state index in [0.29, 0.717) is 0 Å². The predicted octanol–water partition coefficient (Wildman–Crippen LogP) is 2.56. The largest absolute Gasteiger partial charge is 0.326 e. The first-order chi connectivity index (χ1) is 9.50. The smallest absolute Gasteiger partial charge is 0.273 e. The summed E-state index contributed by atoms with van der Waals surface area (Å²) in [6.07, 6.45) is 0. The van der Waals surface area contributed by atoms with Crippen LogP contribution in [0.5, 0.6) is 0 Å². The zero-order chi connectivity index (χ0) is 14.8. The van der Waals surface area contributed by atoms with Crippen LogP contribution in [0, 0.1) is 5.82 Å². The van der Waals surface area contributed by atoms with Crippen LogP contribution in [0.2, 0.25) is 0 Å². The van der Waals surface area contributed by atoms with Crippen LogP contribution in [0.15, 0.2) is 39.9 Å². The second kappa shape index (κ2) is 5.90. The Balaban J connectivity index is 2.48. The van der Waals surface area contributed by atoms with E-state index in [1.165, 1.54) is 24.3 Å². The summed E-state index contributed by atoms with van der Waals surface area (Å²) in [5.41, 5.74) is 6.29. The Labute approximate surface area is 121 Å². The lowest BCUT2D eigenvalue weighted by Gasteiger charge is -2.22. The number of thiophene rings is 1. The highest BCUT2D eigenvalue weighted by Gasteiger charge is 2.27. The van der Waals surface area contributed by atoms with E-state index in [-0.39, 0.29) is 23.0 Å². The summed E-state index contributed by atoms with van der Waals surface area (Å²) in [6, 6.07) is 7.36. The van der Waals surface area contributed by atoms with Gasteiger partial charge in [-0.15, -0.1) is 11.3 Å². The van der Waals surface area contributed by atoms with E-state index < -0.39 is 15.8 Å². The third-order valence-corrected chi connectivity index (χ3v) is 6.17. The normalized spacial score (nSPS) is 11.6. The summed E-state index contributed by atoms with van der Waals surface area (Å²) < 4.78 is 40.2. The molecule has 4 nitrogen and oxygen atoms in total. The third kappa shape index (κ3) is 2.70. The van der Waals surface area contributed by atoms with E-state index in [0.717, 1.165) is 21.2 Å². The van der Waals surface area contributed by atoms with Crippen molar-refractivity contribution >= 4 is 27.0 Å². The minimum Gasteiger partial charge on any atom is -0.326 e. The van der Waals surface area contributed by atoms with Gasteiger partial charge in [0.2, 0.25) is 0 Å². The van der Waals surface area contributed by atoms with Crippen LogP contribution in [0.1, 0.15) is 12.5 Å². The summed E-state index contributed by atoms with van der Waals surface area (Å²) >= 11 is 1.09. The quantitative estimate of drug-likeness (QED) is 0.922. The van der Waals surface area contributed by atoms with Crippen molar-refractivity contribution < 1.29 is 12.8 Å². The number of nitrogens with zero attached hydrogens (tertiary/aromatic N) is 1. The van der Waals surface area contributed by atoms with Crippen LogP contribution >= 0.6 is 11.3 Å². The summed E-state index contributed by atoms with van der Waals surface area (Å²) in [4.78, 5) is 0.